The van der Waals surface area contributed by atoms with Gasteiger partial charge in [-0.1, -0.05) is 0 Å². The van der Waals surface area contributed by atoms with Crippen molar-refractivity contribution >= 4 is 11.9 Å². The Morgan fingerprint density at radius 3 is 2.33 bits per heavy atom. The van der Waals surface area contributed by atoms with E-state index in [1.165, 1.54) is 0 Å². The number of hydrogen-bond donors (Lipinski definition) is 2. The third-order valence-electron chi connectivity index (χ3n) is 3.25. The molecule has 1 amide bonds. The van der Waals surface area contributed by atoms with Gasteiger partial charge in [-0.2, -0.15) is 0 Å². The minimum Gasteiger partial charge on any atom is -0.481 e. The van der Waals surface area contributed by atoms with E-state index < -0.39 is 46.8 Å². The molecule has 114 valence electrons. The van der Waals surface area contributed by atoms with Gasteiger partial charge >= 0.3 is 5.97 Å². The Kier molecular flexibility index (Phi) is 4.15. The van der Waals surface area contributed by atoms with Crippen LogP contribution in [0, 0.1) is 29.2 Å². The van der Waals surface area contributed by atoms with Gasteiger partial charge in [-0.15, -0.1) is 0 Å². The average molecular weight is 305 g/mol. The highest BCUT2D eigenvalue weighted by atomic mass is 19.2. The Balaban J connectivity index is 2.21. The van der Waals surface area contributed by atoms with Crippen molar-refractivity contribution in [1.29, 1.82) is 0 Å². The molecule has 1 aliphatic carbocycles. The maximum Gasteiger partial charge on any atom is 0.305 e. The monoisotopic (exact) mass is 305 g/mol. The van der Waals surface area contributed by atoms with E-state index in [1.54, 1.807) is 0 Å². The number of halogens is 4. The largest absolute Gasteiger partial charge is 0.481 e. The van der Waals surface area contributed by atoms with Gasteiger partial charge in [0.05, 0.1) is 12.0 Å². The molecule has 0 heterocycles. The summed E-state index contributed by atoms with van der Waals surface area (Å²) in [5.41, 5.74) is -0.998. The molecule has 1 saturated carbocycles. The first kappa shape index (κ1) is 15.3. The Bertz CT molecular complexity index is 602. The Hall–Kier alpha value is -2.12. The maximum absolute atomic E-state index is 13.5. The van der Waals surface area contributed by atoms with Gasteiger partial charge in [0.1, 0.15) is 0 Å². The van der Waals surface area contributed by atoms with Gasteiger partial charge in [-0.05, 0) is 24.8 Å². The first-order valence-electron chi connectivity index (χ1n) is 6.17. The van der Waals surface area contributed by atoms with E-state index in [0.29, 0.717) is 12.8 Å². The summed E-state index contributed by atoms with van der Waals surface area (Å²) < 4.78 is 52.4. The molecule has 1 atom stereocenters. The number of carbonyl (C=O) groups excluding carboxylic acids is 1. The van der Waals surface area contributed by atoms with E-state index in [2.05, 4.69) is 5.32 Å². The summed E-state index contributed by atoms with van der Waals surface area (Å²) in [7, 11) is 0. The molecule has 1 unspecified atom stereocenters. The summed E-state index contributed by atoms with van der Waals surface area (Å²) in [6, 6.07) is -0.515. The molecule has 0 aliphatic heterocycles. The SMILES string of the molecule is O=C(O)CC(NC(=O)c1cc(F)c(F)c(F)c1F)C1CC1. The molecule has 0 saturated heterocycles. The average Bonchev–Trinajstić information content (AvgIpc) is 3.23. The minimum atomic E-state index is -2.08. The molecule has 8 heteroatoms. The maximum atomic E-state index is 13.5. The highest BCUT2D eigenvalue weighted by molar-refractivity contribution is 5.95. The van der Waals surface area contributed by atoms with Gasteiger partial charge in [0.2, 0.25) is 0 Å². The first-order valence-corrected chi connectivity index (χ1v) is 6.17. The molecule has 1 aromatic carbocycles. The predicted octanol–water partition coefficient (Wildman–Crippen LogP) is 2.23. The molecular formula is C13H11F4NO3. The van der Waals surface area contributed by atoms with E-state index in [4.69, 9.17) is 5.11 Å². The summed E-state index contributed by atoms with van der Waals surface area (Å²) in [6.45, 7) is 0. The number of nitrogens with one attached hydrogen (secondary N) is 1. The predicted molar refractivity (Wildman–Crippen MR) is 62.5 cm³/mol. The lowest BCUT2D eigenvalue weighted by atomic mass is 10.1. The molecule has 0 radical (unpaired) electrons. The smallest absolute Gasteiger partial charge is 0.305 e. The van der Waals surface area contributed by atoms with E-state index in [0.717, 1.165) is 0 Å². The van der Waals surface area contributed by atoms with Gasteiger partial charge in [0.15, 0.2) is 23.3 Å². The molecule has 21 heavy (non-hydrogen) atoms. The fourth-order valence-electron chi connectivity index (χ4n) is 2.01. The van der Waals surface area contributed by atoms with Gasteiger partial charge in [-0.3, -0.25) is 9.59 Å². The van der Waals surface area contributed by atoms with Crippen LogP contribution >= 0.6 is 0 Å². The van der Waals surface area contributed by atoms with Crippen molar-refractivity contribution in [3.05, 3.63) is 34.9 Å². The molecule has 0 spiro atoms. The van der Waals surface area contributed by atoms with Gasteiger partial charge in [-0.25, -0.2) is 17.6 Å². The van der Waals surface area contributed by atoms with Crippen molar-refractivity contribution in [3.8, 4) is 0 Å². The number of benzene rings is 1. The normalized spacial score (nSPS) is 15.6. The van der Waals surface area contributed by atoms with Gasteiger partial charge in [0.25, 0.3) is 5.91 Å². The van der Waals surface area contributed by atoms with Crippen LogP contribution in [0.25, 0.3) is 0 Å². The number of carboxylic acid groups (broad SMARTS) is 1. The molecule has 1 aromatic rings. The van der Waals surface area contributed by atoms with Crippen LogP contribution in [0.2, 0.25) is 0 Å². The zero-order valence-electron chi connectivity index (χ0n) is 10.6. The number of amides is 1. The Morgan fingerprint density at radius 2 is 1.81 bits per heavy atom. The molecule has 0 aromatic heterocycles. The Morgan fingerprint density at radius 1 is 1.19 bits per heavy atom. The summed E-state index contributed by atoms with van der Waals surface area (Å²) in [4.78, 5) is 22.5. The molecule has 2 rings (SSSR count). The molecule has 1 fully saturated rings. The van der Waals surface area contributed by atoms with Crippen LogP contribution < -0.4 is 5.32 Å². The standard InChI is InChI=1S/C13H11F4NO3/c14-7-3-6(10(15)12(17)11(7)16)13(21)18-8(4-9(19)20)5-1-2-5/h3,5,8H,1-2,4H2,(H,18,21)(H,19,20). The molecule has 2 N–H and O–H groups in total. The van der Waals surface area contributed by atoms with Crippen LogP contribution in [0.15, 0.2) is 6.07 Å². The van der Waals surface area contributed by atoms with Crippen molar-refractivity contribution in [3.63, 3.8) is 0 Å². The van der Waals surface area contributed by atoms with E-state index in [9.17, 15) is 27.2 Å². The highest BCUT2D eigenvalue weighted by Gasteiger charge is 2.34. The lowest BCUT2D eigenvalue weighted by Crippen LogP contribution is -2.38. The van der Waals surface area contributed by atoms with E-state index >= 15 is 0 Å². The number of aliphatic carboxylic acids is 1. The van der Waals surface area contributed by atoms with Gasteiger partial charge in [0, 0.05) is 6.04 Å². The van der Waals surface area contributed by atoms with E-state index in [1.807, 2.05) is 0 Å². The zero-order valence-corrected chi connectivity index (χ0v) is 10.6. The summed E-state index contributed by atoms with van der Waals surface area (Å²) in [5.74, 6) is -10.00. The fraction of sp³-hybridized carbons (Fsp3) is 0.385. The number of carboxylic acids is 1. The second-order valence-corrected chi connectivity index (χ2v) is 4.86. The third-order valence-corrected chi connectivity index (χ3v) is 3.25. The van der Waals surface area contributed by atoms with Crippen molar-refractivity contribution in [2.45, 2.75) is 25.3 Å². The van der Waals surface area contributed by atoms with Crippen LogP contribution in [0.1, 0.15) is 29.6 Å². The highest BCUT2D eigenvalue weighted by Crippen LogP contribution is 2.34. The third kappa shape index (κ3) is 3.32. The summed E-state index contributed by atoms with van der Waals surface area (Å²) in [6.07, 6.45) is 1.02. The topological polar surface area (TPSA) is 66.4 Å². The zero-order chi connectivity index (χ0) is 15.7. The summed E-state index contributed by atoms with van der Waals surface area (Å²) >= 11 is 0. The van der Waals surface area contributed by atoms with Crippen LogP contribution in [0.5, 0.6) is 0 Å². The van der Waals surface area contributed by atoms with Crippen molar-refractivity contribution in [1.82, 2.24) is 5.32 Å². The first-order chi connectivity index (χ1) is 9.81. The van der Waals surface area contributed by atoms with E-state index in [-0.39, 0.29) is 18.4 Å². The number of hydrogen-bond acceptors (Lipinski definition) is 2. The molecule has 1 aliphatic rings. The van der Waals surface area contributed by atoms with Crippen LogP contribution in [0.3, 0.4) is 0 Å². The van der Waals surface area contributed by atoms with Crippen molar-refractivity contribution < 1.29 is 32.3 Å². The second kappa shape index (κ2) is 5.71. The number of rotatable bonds is 5. The van der Waals surface area contributed by atoms with Crippen LogP contribution in [-0.2, 0) is 4.79 Å². The van der Waals surface area contributed by atoms with Crippen LogP contribution in [-0.4, -0.2) is 23.0 Å². The minimum absolute atomic E-state index is 0.0664. The lowest BCUT2D eigenvalue weighted by Gasteiger charge is -2.16. The molecular weight excluding hydrogens is 294 g/mol. The number of carbonyl (C=O) groups is 2. The summed E-state index contributed by atoms with van der Waals surface area (Å²) in [5, 5.41) is 11.0. The fourth-order valence-corrected chi connectivity index (χ4v) is 2.01. The second-order valence-electron chi connectivity index (χ2n) is 4.86. The van der Waals surface area contributed by atoms with Crippen LogP contribution in [0.4, 0.5) is 17.6 Å². The molecule has 4 nitrogen and oxygen atoms in total. The van der Waals surface area contributed by atoms with Gasteiger partial charge < -0.3 is 10.4 Å². The lowest BCUT2D eigenvalue weighted by molar-refractivity contribution is -0.137. The van der Waals surface area contributed by atoms with Crippen molar-refractivity contribution in [2.24, 2.45) is 5.92 Å². The van der Waals surface area contributed by atoms with Crippen molar-refractivity contribution in [2.75, 3.05) is 0 Å². The molecule has 0 bridgehead atoms. The Labute approximate surface area is 116 Å². The quantitative estimate of drug-likeness (QED) is 0.498.